The molecule has 156 valence electrons. The number of ether oxygens (including phenoxy) is 3. The second kappa shape index (κ2) is 9.50. The Kier molecular flexibility index (Phi) is 7.05. The third kappa shape index (κ3) is 5.31. The van der Waals surface area contributed by atoms with E-state index in [2.05, 4.69) is 48.2 Å². The summed E-state index contributed by atoms with van der Waals surface area (Å²) in [4.78, 5) is 6.71. The Bertz CT molecular complexity index is 669. The molecular formula is C22H35N3O3. The molecule has 0 radical (unpaired) electrons. The van der Waals surface area contributed by atoms with Gasteiger partial charge in [-0.15, -0.1) is 0 Å². The van der Waals surface area contributed by atoms with Crippen LogP contribution in [0.25, 0.3) is 0 Å². The van der Waals surface area contributed by atoms with E-state index in [0.29, 0.717) is 13.2 Å². The van der Waals surface area contributed by atoms with Gasteiger partial charge in [0.15, 0.2) is 17.5 Å². The van der Waals surface area contributed by atoms with Gasteiger partial charge in [-0.2, -0.15) is 0 Å². The lowest BCUT2D eigenvalue weighted by molar-refractivity contribution is 0.0625. The normalized spacial score (nSPS) is 18.1. The Morgan fingerprint density at radius 2 is 1.86 bits per heavy atom. The number of hydrogen-bond acceptors (Lipinski definition) is 4. The second-order valence-corrected chi connectivity index (χ2v) is 8.41. The highest BCUT2D eigenvalue weighted by molar-refractivity contribution is 5.79. The van der Waals surface area contributed by atoms with Gasteiger partial charge in [0.1, 0.15) is 13.2 Å². The molecule has 0 amide bonds. The summed E-state index contributed by atoms with van der Waals surface area (Å²) in [5.74, 6) is 3.39. The molecule has 1 aromatic carbocycles. The minimum Gasteiger partial charge on any atom is -0.486 e. The Balaban J connectivity index is 1.54. The summed E-state index contributed by atoms with van der Waals surface area (Å²) in [5.41, 5.74) is 1.16. The van der Waals surface area contributed by atoms with Gasteiger partial charge in [0.2, 0.25) is 0 Å². The molecule has 0 unspecified atom stereocenters. The molecule has 0 aromatic heterocycles. The summed E-state index contributed by atoms with van der Waals surface area (Å²) in [6.07, 6.45) is 3.54. The van der Waals surface area contributed by atoms with Gasteiger partial charge in [-0.1, -0.05) is 19.9 Å². The van der Waals surface area contributed by atoms with Gasteiger partial charge in [0.05, 0.1) is 0 Å². The molecular weight excluding hydrogens is 354 g/mol. The number of fused-ring (bicyclic) bond motifs is 1. The molecule has 28 heavy (non-hydrogen) atoms. The van der Waals surface area contributed by atoms with Crippen LogP contribution in [-0.4, -0.2) is 64.5 Å². The maximum atomic E-state index is 5.75. The smallest absolute Gasteiger partial charge is 0.193 e. The van der Waals surface area contributed by atoms with Crippen LogP contribution >= 0.6 is 0 Å². The van der Waals surface area contributed by atoms with E-state index in [1.54, 1.807) is 0 Å². The first-order valence-corrected chi connectivity index (χ1v) is 10.4. The van der Waals surface area contributed by atoms with Gasteiger partial charge in [-0.25, -0.2) is 0 Å². The molecule has 0 saturated carbocycles. The lowest BCUT2D eigenvalue weighted by Gasteiger charge is -2.31. The lowest BCUT2D eigenvalue weighted by atomic mass is 9.84. The van der Waals surface area contributed by atoms with Crippen LogP contribution in [0, 0.1) is 5.92 Å². The molecule has 2 aliphatic heterocycles. The molecule has 0 spiro atoms. The Morgan fingerprint density at radius 1 is 1.14 bits per heavy atom. The first-order valence-electron chi connectivity index (χ1n) is 10.4. The van der Waals surface area contributed by atoms with Crippen molar-refractivity contribution in [2.24, 2.45) is 10.9 Å². The van der Waals surface area contributed by atoms with Crippen molar-refractivity contribution in [1.29, 1.82) is 0 Å². The first-order chi connectivity index (χ1) is 13.5. The van der Waals surface area contributed by atoms with Gasteiger partial charge in [0, 0.05) is 45.8 Å². The van der Waals surface area contributed by atoms with Crippen molar-refractivity contribution in [3.8, 4) is 11.5 Å². The number of aliphatic imine (C=N–C) groups is 1. The average Bonchev–Trinajstić information content (AvgIpc) is 2.73. The van der Waals surface area contributed by atoms with Crippen molar-refractivity contribution in [2.75, 3.05) is 53.6 Å². The largest absolute Gasteiger partial charge is 0.486 e. The molecule has 2 heterocycles. The Morgan fingerprint density at radius 3 is 2.57 bits per heavy atom. The summed E-state index contributed by atoms with van der Waals surface area (Å²) in [5, 5.41) is 3.55. The number of guanidine groups is 1. The molecule has 0 atom stereocenters. The monoisotopic (exact) mass is 389 g/mol. The average molecular weight is 390 g/mol. The maximum absolute atomic E-state index is 5.75. The molecule has 0 aliphatic carbocycles. The predicted octanol–water partition coefficient (Wildman–Crippen LogP) is 3.06. The van der Waals surface area contributed by atoms with Gasteiger partial charge in [0.25, 0.3) is 0 Å². The number of benzene rings is 1. The number of nitrogens with one attached hydrogen (secondary N) is 1. The van der Waals surface area contributed by atoms with Crippen LogP contribution in [0.5, 0.6) is 11.5 Å². The molecule has 6 nitrogen and oxygen atoms in total. The zero-order valence-electron chi connectivity index (χ0n) is 17.8. The highest BCUT2D eigenvalue weighted by Gasteiger charge is 2.24. The van der Waals surface area contributed by atoms with E-state index in [0.717, 1.165) is 49.7 Å². The molecule has 1 fully saturated rings. The van der Waals surface area contributed by atoms with E-state index < -0.39 is 0 Å². The van der Waals surface area contributed by atoms with Crippen molar-refractivity contribution < 1.29 is 14.2 Å². The van der Waals surface area contributed by atoms with Crippen LogP contribution in [0.4, 0.5) is 0 Å². The number of hydrogen-bond donors (Lipinski definition) is 1. The van der Waals surface area contributed by atoms with Crippen molar-refractivity contribution in [3.63, 3.8) is 0 Å². The minimum atomic E-state index is -0.0622. The van der Waals surface area contributed by atoms with Crippen LogP contribution in [0.1, 0.15) is 38.7 Å². The topological polar surface area (TPSA) is 55.3 Å². The van der Waals surface area contributed by atoms with Gasteiger partial charge < -0.3 is 24.4 Å². The third-order valence-electron chi connectivity index (χ3n) is 5.80. The fourth-order valence-corrected chi connectivity index (χ4v) is 3.77. The fourth-order valence-electron chi connectivity index (χ4n) is 3.77. The highest BCUT2D eigenvalue weighted by Crippen LogP contribution is 2.34. The van der Waals surface area contributed by atoms with Crippen molar-refractivity contribution in [1.82, 2.24) is 10.2 Å². The van der Waals surface area contributed by atoms with Crippen molar-refractivity contribution >= 4 is 5.96 Å². The van der Waals surface area contributed by atoms with Crippen LogP contribution in [0.3, 0.4) is 0 Å². The molecule has 0 bridgehead atoms. The van der Waals surface area contributed by atoms with Crippen molar-refractivity contribution in [2.45, 2.75) is 38.5 Å². The molecule has 1 aromatic rings. The molecule has 1 saturated heterocycles. The maximum Gasteiger partial charge on any atom is 0.193 e. The third-order valence-corrected chi connectivity index (χ3v) is 5.80. The molecule has 1 N–H and O–H groups in total. The first kappa shape index (κ1) is 20.8. The van der Waals surface area contributed by atoms with Crippen molar-refractivity contribution in [3.05, 3.63) is 23.8 Å². The van der Waals surface area contributed by atoms with Gasteiger partial charge in [-0.3, -0.25) is 4.99 Å². The minimum absolute atomic E-state index is 0.0622. The highest BCUT2D eigenvalue weighted by atomic mass is 16.6. The Labute approximate surface area is 169 Å². The summed E-state index contributed by atoms with van der Waals surface area (Å²) >= 11 is 0. The zero-order chi connectivity index (χ0) is 20.0. The summed E-state index contributed by atoms with van der Waals surface area (Å²) in [7, 11) is 3.97. The van der Waals surface area contributed by atoms with E-state index in [-0.39, 0.29) is 5.41 Å². The van der Waals surface area contributed by atoms with Gasteiger partial charge in [-0.05, 0) is 42.9 Å². The van der Waals surface area contributed by atoms with E-state index in [9.17, 15) is 0 Å². The summed E-state index contributed by atoms with van der Waals surface area (Å²) in [6.45, 7) is 9.32. The SMILES string of the molecule is CN=C(NCC(C)(C)c1ccc2c(c1)OCCO2)N(C)CCC1CCOCC1. The fraction of sp³-hybridized carbons (Fsp3) is 0.682. The van der Waals surface area contributed by atoms with E-state index in [1.165, 1.54) is 24.8 Å². The quantitative estimate of drug-likeness (QED) is 0.599. The summed E-state index contributed by atoms with van der Waals surface area (Å²) < 4.78 is 16.8. The van der Waals surface area contributed by atoms with E-state index in [1.807, 2.05) is 13.1 Å². The Hall–Kier alpha value is -1.95. The van der Waals surface area contributed by atoms with Crippen LogP contribution in [-0.2, 0) is 10.2 Å². The number of rotatable bonds is 6. The van der Waals surface area contributed by atoms with E-state index in [4.69, 9.17) is 14.2 Å². The zero-order valence-corrected chi connectivity index (χ0v) is 17.8. The number of nitrogens with zero attached hydrogens (tertiary/aromatic N) is 2. The van der Waals surface area contributed by atoms with E-state index >= 15 is 0 Å². The van der Waals surface area contributed by atoms with Crippen LogP contribution < -0.4 is 14.8 Å². The second-order valence-electron chi connectivity index (χ2n) is 8.41. The van der Waals surface area contributed by atoms with Crippen LogP contribution in [0.2, 0.25) is 0 Å². The summed E-state index contributed by atoms with van der Waals surface area (Å²) in [6, 6.07) is 6.25. The predicted molar refractivity (Wildman–Crippen MR) is 113 cm³/mol. The molecule has 6 heteroatoms. The molecule has 3 rings (SSSR count). The van der Waals surface area contributed by atoms with Gasteiger partial charge >= 0.3 is 0 Å². The standard InChI is InChI=1S/C22H35N3O3/c1-22(2,18-5-6-19-20(15-18)28-14-13-27-19)16-24-21(23-3)25(4)10-7-17-8-11-26-12-9-17/h5-6,15,17H,7-14,16H2,1-4H3,(H,23,24). The molecule has 2 aliphatic rings. The van der Waals surface area contributed by atoms with Crippen LogP contribution in [0.15, 0.2) is 23.2 Å². The lowest BCUT2D eigenvalue weighted by Crippen LogP contribution is -2.45.